The van der Waals surface area contributed by atoms with Crippen molar-refractivity contribution in [2.75, 3.05) is 6.61 Å². The van der Waals surface area contributed by atoms with Crippen LogP contribution >= 0.6 is 24.0 Å². The Bertz CT molecular complexity index is 1130. The number of nitro groups is 1. The van der Waals surface area contributed by atoms with Crippen LogP contribution in [0.4, 0.5) is 5.69 Å². The molecule has 0 aliphatic carbocycles. The Hall–Kier alpha value is -3.77. The lowest BCUT2D eigenvalue weighted by molar-refractivity contribution is -0.384. The van der Waals surface area contributed by atoms with Crippen molar-refractivity contribution in [2.24, 2.45) is 0 Å². The van der Waals surface area contributed by atoms with E-state index in [0.717, 1.165) is 22.8 Å². The van der Waals surface area contributed by atoms with Crippen molar-refractivity contribution >= 4 is 57.8 Å². The van der Waals surface area contributed by atoms with Gasteiger partial charge in [-0.2, -0.15) is 5.01 Å². The zero-order valence-corrected chi connectivity index (χ0v) is 17.9. The number of thiocarbonyl (C=S) groups is 1. The van der Waals surface area contributed by atoms with Crippen LogP contribution in [-0.2, 0) is 9.59 Å². The van der Waals surface area contributed by atoms with E-state index in [1.807, 2.05) is 0 Å². The molecule has 164 valence electrons. The molecule has 1 heterocycles. The highest BCUT2D eigenvalue weighted by molar-refractivity contribution is 8.26. The average molecular weight is 473 g/mol. The first-order valence-electron chi connectivity index (χ1n) is 9.02. The summed E-state index contributed by atoms with van der Waals surface area (Å²) < 4.78 is 5.42. The van der Waals surface area contributed by atoms with Gasteiger partial charge in [-0.3, -0.25) is 29.9 Å². The first-order chi connectivity index (χ1) is 15.2. The number of carbonyl (C=O) groups is 3. The second-order valence-electron chi connectivity index (χ2n) is 6.33. The van der Waals surface area contributed by atoms with Crippen molar-refractivity contribution in [3.05, 3.63) is 74.7 Å². The maximum Gasteiger partial charge on any atom is 0.306 e. The van der Waals surface area contributed by atoms with Crippen LogP contribution in [0.3, 0.4) is 0 Å². The van der Waals surface area contributed by atoms with Gasteiger partial charge in [0.1, 0.15) is 5.75 Å². The van der Waals surface area contributed by atoms with E-state index in [9.17, 15) is 24.5 Å². The molecule has 1 saturated heterocycles. The topological polar surface area (TPSA) is 139 Å². The zero-order valence-electron chi connectivity index (χ0n) is 16.2. The van der Waals surface area contributed by atoms with Gasteiger partial charge in [-0.15, -0.1) is 0 Å². The van der Waals surface area contributed by atoms with E-state index in [-0.39, 0.29) is 33.5 Å². The van der Waals surface area contributed by atoms with Crippen LogP contribution in [0.2, 0.25) is 0 Å². The van der Waals surface area contributed by atoms with Gasteiger partial charge in [0.15, 0.2) is 4.32 Å². The number of nitrogens with one attached hydrogen (secondary N) is 1. The molecule has 0 saturated carbocycles. The smallest absolute Gasteiger partial charge is 0.306 e. The third-order valence-corrected chi connectivity index (χ3v) is 5.39. The number of thioether (sulfide) groups is 1. The molecule has 2 aromatic carbocycles. The molecule has 1 fully saturated rings. The predicted octanol–water partition coefficient (Wildman–Crippen LogP) is 2.99. The standard InChI is InChI=1S/C20H15N3O7S2/c24-17(25)8-9-30-15-6-4-12(5-7-15)10-16-19(27)22(20(31)32-16)21-18(26)13-2-1-3-14(11-13)23(28)29/h1-7,10-11H,8-9H2,(H,21,26)(H,24,25)/b16-10+. The minimum atomic E-state index is -0.957. The number of rotatable bonds is 8. The van der Waals surface area contributed by atoms with Gasteiger partial charge >= 0.3 is 5.97 Å². The molecule has 3 rings (SSSR count). The van der Waals surface area contributed by atoms with Crippen LogP contribution in [-0.4, -0.2) is 43.7 Å². The van der Waals surface area contributed by atoms with Crippen molar-refractivity contribution < 1.29 is 29.2 Å². The quantitative estimate of drug-likeness (QED) is 0.256. The number of carboxylic acid groups (broad SMARTS) is 1. The van der Waals surface area contributed by atoms with Crippen LogP contribution in [0.5, 0.6) is 5.75 Å². The second kappa shape index (κ2) is 10.0. The monoisotopic (exact) mass is 473 g/mol. The Labute approximate surface area is 191 Å². The van der Waals surface area contributed by atoms with Gasteiger partial charge in [-0.1, -0.05) is 30.0 Å². The molecule has 2 N–H and O–H groups in total. The summed E-state index contributed by atoms with van der Waals surface area (Å²) in [6.45, 7) is 0.0393. The maximum absolute atomic E-state index is 12.7. The van der Waals surface area contributed by atoms with E-state index in [4.69, 9.17) is 22.1 Å². The number of amides is 2. The zero-order chi connectivity index (χ0) is 23.3. The molecule has 0 unspecified atom stereocenters. The number of non-ortho nitro benzene ring substituents is 1. The summed E-state index contributed by atoms with van der Waals surface area (Å²) in [7, 11) is 0. The van der Waals surface area contributed by atoms with Crippen LogP contribution < -0.4 is 10.2 Å². The molecular weight excluding hydrogens is 458 g/mol. The fourth-order valence-electron chi connectivity index (χ4n) is 2.56. The van der Waals surface area contributed by atoms with Gasteiger partial charge in [0.25, 0.3) is 17.5 Å². The summed E-state index contributed by atoms with van der Waals surface area (Å²) in [5.41, 5.74) is 2.80. The molecule has 2 aromatic rings. The summed E-state index contributed by atoms with van der Waals surface area (Å²) in [6, 6.07) is 11.7. The van der Waals surface area contributed by atoms with Gasteiger partial charge in [0, 0.05) is 17.7 Å². The number of carboxylic acids is 1. The van der Waals surface area contributed by atoms with Gasteiger partial charge in [0.2, 0.25) is 0 Å². The first kappa shape index (κ1) is 22.9. The van der Waals surface area contributed by atoms with E-state index >= 15 is 0 Å². The van der Waals surface area contributed by atoms with E-state index in [1.165, 1.54) is 18.2 Å². The summed E-state index contributed by atoms with van der Waals surface area (Å²) in [6.07, 6.45) is 1.46. The maximum atomic E-state index is 12.7. The van der Waals surface area contributed by atoms with E-state index in [1.54, 1.807) is 30.3 Å². The average Bonchev–Trinajstić information content (AvgIpc) is 3.02. The second-order valence-corrected chi connectivity index (χ2v) is 8.00. The Morgan fingerprint density at radius 2 is 1.97 bits per heavy atom. The van der Waals surface area contributed by atoms with Crippen molar-refractivity contribution in [1.82, 2.24) is 10.4 Å². The molecule has 2 amide bonds. The first-order valence-corrected chi connectivity index (χ1v) is 10.2. The van der Waals surface area contributed by atoms with Crippen molar-refractivity contribution in [1.29, 1.82) is 0 Å². The molecule has 32 heavy (non-hydrogen) atoms. The Morgan fingerprint density at radius 1 is 1.25 bits per heavy atom. The van der Waals surface area contributed by atoms with Crippen molar-refractivity contribution in [3.63, 3.8) is 0 Å². The fraction of sp³-hybridized carbons (Fsp3) is 0.100. The number of ether oxygens (including phenoxy) is 1. The van der Waals surface area contributed by atoms with Gasteiger partial charge in [-0.05, 0) is 42.1 Å². The highest BCUT2D eigenvalue weighted by Crippen LogP contribution is 2.31. The Kier molecular flexibility index (Phi) is 7.18. The normalized spacial score (nSPS) is 14.5. The summed E-state index contributed by atoms with van der Waals surface area (Å²) >= 11 is 6.17. The lowest BCUT2D eigenvalue weighted by Crippen LogP contribution is -2.44. The number of nitro benzene ring substituents is 1. The minimum absolute atomic E-state index is 0.00992. The number of nitrogens with zero attached hydrogens (tertiary/aromatic N) is 2. The van der Waals surface area contributed by atoms with Gasteiger partial charge in [-0.25, -0.2) is 0 Å². The number of hydrogen-bond acceptors (Lipinski definition) is 8. The highest BCUT2D eigenvalue weighted by atomic mass is 32.2. The van der Waals surface area contributed by atoms with Gasteiger partial charge < -0.3 is 9.84 Å². The Balaban J connectivity index is 1.67. The highest BCUT2D eigenvalue weighted by Gasteiger charge is 2.34. The third kappa shape index (κ3) is 5.68. The van der Waals surface area contributed by atoms with Crippen molar-refractivity contribution in [2.45, 2.75) is 6.42 Å². The largest absolute Gasteiger partial charge is 0.493 e. The molecule has 0 atom stereocenters. The minimum Gasteiger partial charge on any atom is -0.493 e. The lowest BCUT2D eigenvalue weighted by Gasteiger charge is -2.15. The van der Waals surface area contributed by atoms with Crippen LogP contribution in [0.25, 0.3) is 6.08 Å². The molecule has 12 heteroatoms. The molecule has 0 bridgehead atoms. The molecule has 1 aliphatic heterocycles. The number of benzene rings is 2. The number of hydrogen-bond donors (Lipinski definition) is 2. The van der Waals surface area contributed by atoms with Crippen molar-refractivity contribution in [3.8, 4) is 5.75 Å². The van der Waals surface area contributed by atoms with Crippen LogP contribution in [0.1, 0.15) is 22.3 Å². The number of carbonyl (C=O) groups excluding carboxylic acids is 2. The Morgan fingerprint density at radius 3 is 2.62 bits per heavy atom. The van der Waals surface area contributed by atoms with E-state index in [0.29, 0.717) is 11.3 Å². The molecule has 1 aliphatic rings. The number of hydrazine groups is 1. The predicted molar refractivity (Wildman–Crippen MR) is 120 cm³/mol. The van der Waals surface area contributed by atoms with E-state index < -0.39 is 22.7 Å². The molecule has 0 aromatic heterocycles. The lowest BCUT2D eigenvalue weighted by atomic mass is 10.2. The molecule has 10 nitrogen and oxygen atoms in total. The third-order valence-electron chi connectivity index (χ3n) is 4.09. The molecular formula is C20H15N3O7S2. The van der Waals surface area contributed by atoms with Gasteiger partial charge in [0.05, 0.1) is 22.9 Å². The SMILES string of the molecule is O=C(O)CCOc1ccc(/C=C2/SC(=S)N(NC(=O)c3cccc([N+](=O)[O-])c3)C2=O)cc1. The van der Waals surface area contributed by atoms with Crippen LogP contribution in [0, 0.1) is 10.1 Å². The van der Waals surface area contributed by atoms with Crippen LogP contribution in [0.15, 0.2) is 53.4 Å². The number of aliphatic carboxylic acids is 1. The molecule has 0 spiro atoms. The summed E-state index contributed by atoms with van der Waals surface area (Å²) in [5.74, 6) is -1.73. The summed E-state index contributed by atoms with van der Waals surface area (Å²) in [5, 5.41) is 20.4. The summed E-state index contributed by atoms with van der Waals surface area (Å²) in [4.78, 5) is 46.2. The van der Waals surface area contributed by atoms with E-state index in [2.05, 4.69) is 5.43 Å². The molecule has 0 radical (unpaired) electrons. The fourth-order valence-corrected chi connectivity index (χ4v) is 3.74.